The van der Waals surface area contributed by atoms with E-state index >= 15 is 0 Å². The number of hydrogen-bond donors (Lipinski definition) is 2. The number of aromatic nitrogens is 2. The molecule has 2 aliphatic rings. The number of rotatable bonds is 1. The fourth-order valence-electron chi connectivity index (χ4n) is 1.19. The Kier molecular flexibility index (Phi) is 1.33. The molecule has 0 aromatic heterocycles. The molecule has 60 valence electrons. The van der Waals surface area contributed by atoms with Crippen molar-refractivity contribution in [2.75, 3.05) is 0 Å². The van der Waals surface area contributed by atoms with E-state index in [-0.39, 0.29) is 0 Å². The van der Waals surface area contributed by atoms with Crippen molar-refractivity contribution in [3.05, 3.63) is 30.2 Å². The SMILES string of the molecule is NC(=O)c1ccc2cnc[nH]c1-2. The molecule has 0 spiro atoms. The summed E-state index contributed by atoms with van der Waals surface area (Å²) < 4.78 is 0. The molecule has 1 heterocycles. The van der Waals surface area contributed by atoms with Gasteiger partial charge in [-0.05, 0) is 6.07 Å². The topological polar surface area (TPSA) is 71.8 Å². The van der Waals surface area contributed by atoms with E-state index in [1.807, 2.05) is 0 Å². The van der Waals surface area contributed by atoms with Gasteiger partial charge >= 0.3 is 0 Å². The summed E-state index contributed by atoms with van der Waals surface area (Å²) >= 11 is 0. The van der Waals surface area contributed by atoms with Crippen LogP contribution in [0.4, 0.5) is 0 Å². The Balaban J connectivity index is 2.67. The largest absolute Gasteiger partial charge is 0.366 e. The van der Waals surface area contributed by atoms with Crippen molar-refractivity contribution < 1.29 is 4.79 Å². The standard InChI is InChI=1S/C8H7N3O/c9-8(12)6-2-1-5-3-10-4-11-7(5)6/h1-4H,(H2,9,12)(H,10,11). The predicted octanol–water partition coefficient (Wildman–Crippen LogP) is 0.613. The van der Waals surface area contributed by atoms with Gasteiger partial charge in [0.1, 0.15) is 0 Å². The normalized spacial score (nSPS) is 10.3. The first-order chi connectivity index (χ1) is 5.79. The van der Waals surface area contributed by atoms with Crippen molar-refractivity contribution in [3.8, 4) is 11.3 Å². The molecule has 0 aromatic carbocycles. The molecule has 12 heavy (non-hydrogen) atoms. The number of fused-ring (bicyclic) bond motifs is 1. The molecule has 0 saturated heterocycles. The smallest absolute Gasteiger partial charge is 0.250 e. The third-order valence-corrected chi connectivity index (χ3v) is 1.75. The summed E-state index contributed by atoms with van der Waals surface area (Å²) in [5.74, 6) is -0.424. The fraction of sp³-hybridized carbons (Fsp3) is 0. The van der Waals surface area contributed by atoms with Crippen molar-refractivity contribution in [2.24, 2.45) is 5.73 Å². The van der Waals surface area contributed by atoms with Gasteiger partial charge in [-0.3, -0.25) is 4.79 Å². The number of hydrogen-bond acceptors (Lipinski definition) is 2. The predicted molar refractivity (Wildman–Crippen MR) is 43.7 cm³/mol. The lowest BCUT2D eigenvalue weighted by molar-refractivity contribution is 0.100. The van der Waals surface area contributed by atoms with E-state index in [4.69, 9.17) is 5.73 Å². The van der Waals surface area contributed by atoms with Gasteiger partial charge in [0.15, 0.2) is 0 Å². The number of primary amides is 1. The van der Waals surface area contributed by atoms with Gasteiger partial charge in [0.25, 0.3) is 5.91 Å². The Labute approximate surface area is 68.8 Å². The lowest BCUT2D eigenvalue weighted by Gasteiger charge is -1.98. The minimum Gasteiger partial charge on any atom is -0.366 e. The van der Waals surface area contributed by atoms with Crippen molar-refractivity contribution in [2.45, 2.75) is 0 Å². The van der Waals surface area contributed by atoms with Crippen LogP contribution in [0.3, 0.4) is 0 Å². The van der Waals surface area contributed by atoms with E-state index in [1.54, 1.807) is 18.3 Å². The second-order valence-electron chi connectivity index (χ2n) is 2.49. The van der Waals surface area contributed by atoms with E-state index in [1.165, 1.54) is 6.33 Å². The maximum Gasteiger partial charge on any atom is 0.250 e. The van der Waals surface area contributed by atoms with Gasteiger partial charge in [0.2, 0.25) is 0 Å². The third kappa shape index (κ3) is 0.852. The molecule has 1 aliphatic carbocycles. The Morgan fingerprint density at radius 3 is 3.08 bits per heavy atom. The van der Waals surface area contributed by atoms with Crippen molar-refractivity contribution in [1.82, 2.24) is 9.97 Å². The quantitative estimate of drug-likeness (QED) is 0.643. The fourth-order valence-corrected chi connectivity index (χ4v) is 1.19. The highest BCUT2D eigenvalue weighted by molar-refractivity contribution is 6.00. The van der Waals surface area contributed by atoms with E-state index < -0.39 is 5.91 Å². The summed E-state index contributed by atoms with van der Waals surface area (Å²) in [7, 11) is 0. The van der Waals surface area contributed by atoms with Crippen LogP contribution in [0.2, 0.25) is 0 Å². The molecule has 0 saturated carbocycles. The average molecular weight is 161 g/mol. The monoisotopic (exact) mass is 161 g/mol. The Bertz CT molecular complexity index is 393. The highest BCUT2D eigenvalue weighted by Crippen LogP contribution is 2.23. The molecule has 0 radical (unpaired) electrons. The van der Waals surface area contributed by atoms with Gasteiger partial charge in [0.05, 0.1) is 17.6 Å². The number of aromatic amines is 1. The number of nitrogens with zero attached hydrogens (tertiary/aromatic N) is 1. The van der Waals surface area contributed by atoms with Crippen LogP contribution in [-0.2, 0) is 0 Å². The van der Waals surface area contributed by atoms with Crippen LogP contribution >= 0.6 is 0 Å². The molecule has 4 nitrogen and oxygen atoms in total. The first-order valence-corrected chi connectivity index (χ1v) is 3.50. The molecular formula is C8H7N3O. The Morgan fingerprint density at radius 2 is 2.33 bits per heavy atom. The Hall–Kier alpha value is -1.84. The molecule has 0 bridgehead atoms. The van der Waals surface area contributed by atoms with Crippen molar-refractivity contribution in [1.29, 1.82) is 0 Å². The summed E-state index contributed by atoms with van der Waals surface area (Å²) in [4.78, 5) is 17.6. The van der Waals surface area contributed by atoms with Crippen LogP contribution in [-0.4, -0.2) is 15.9 Å². The lowest BCUT2D eigenvalue weighted by atomic mass is 10.2. The zero-order valence-corrected chi connectivity index (χ0v) is 6.24. The summed E-state index contributed by atoms with van der Waals surface area (Å²) in [5.41, 5.74) is 7.29. The summed E-state index contributed by atoms with van der Waals surface area (Å²) in [5, 5.41) is 0. The van der Waals surface area contributed by atoms with Crippen molar-refractivity contribution >= 4 is 5.91 Å². The second kappa shape index (κ2) is 2.34. The average Bonchev–Trinajstić information content (AvgIpc) is 2.47. The van der Waals surface area contributed by atoms with Gasteiger partial charge in [-0.15, -0.1) is 0 Å². The number of nitrogens with two attached hydrogens (primary N) is 1. The van der Waals surface area contributed by atoms with E-state index in [0.29, 0.717) is 5.56 Å². The maximum absolute atomic E-state index is 10.9. The molecule has 4 heteroatoms. The van der Waals surface area contributed by atoms with Crippen LogP contribution in [0.15, 0.2) is 24.7 Å². The minimum atomic E-state index is -0.424. The Morgan fingerprint density at radius 1 is 1.50 bits per heavy atom. The molecule has 1 amide bonds. The molecule has 3 N–H and O–H groups in total. The van der Waals surface area contributed by atoms with Gasteiger partial charge in [-0.25, -0.2) is 4.98 Å². The number of carbonyl (C=O) groups excluding carboxylic acids is 1. The molecule has 0 aromatic rings. The number of amides is 1. The van der Waals surface area contributed by atoms with Gasteiger partial charge in [-0.2, -0.15) is 0 Å². The van der Waals surface area contributed by atoms with Crippen LogP contribution in [0.5, 0.6) is 0 Å². The highest BCUT2D eigenvalue weighted by atomic mass is 16.1. The second-order valence-corrected chi connectivity index (χ2v) is 2.49. The highest BCUT2D eigenvalue weighted by Gasteiger charge is 2.12. The molecule has 0 unspecified atom stereocenters. The first kappa shape index (κ1) is 6.84. The zero-order valence-electron chi connectivity index (χ0n) is 6.24. The third-order valence-electron chi connectivity index (χ3n) is 1.75. The molecule has 2 rings (SSSR count). The van der Waals surface area contributed by atoms with Crippen LogP contribution in [0, 0.1) is 0 Å². The zero-order chi connectivity index (χ0) is 8.55. The maximum atomic E-state index is 10.9. The lowest BCUT2D eigenvalue weighted by Crippen LogP contribution is -2.11. The van der Waals surface area contributed by atoms with Gasteiger partial charge < -0.3 is 10.7 Å². The molecule has 1 aliphatic heterocycles. The summed E-state index contributed by atoms with van der Waals surface area (Å²) in [6.07, 6.45) is 3.20. The summed E-state index contributed by atoms with van der Waals surface area (Å²) in [6, 6.07) is 3.49. The van der Waals surface area contributed by atoms with Gasteiger partial charge in [-0.1, -0.05) is 6.07 Å². The molecule has 0 fully saturated rings. The van der Waals surface area contributed by atoms with Crippen LogP contribution in [0.25, 0.3) is 11.3 Å². The number of carbonyl (C=O) groups is 1. The summed E-state index contributed by atoms with van der Waals surface area (Å²) in [6.45, 7) is 0. The number of H-pyrrole nitrogens is 1. The molecular weight excluding hydrogens is 154 g/mol. The van der Waals surface area contributed by atoms with E-state index in [9.17, 15) is 4.79 Å². The van der Waals surface area contributed by atoms with Crippen molar-refractivity contribution in [3.63, 3.8) is 0 Å². The van der Waals surface area contributed by atoms with Crippen LogP contribution in [0.1, 0.15) is 10.4 Å². The van der Waals surface area contributed by atoms with Crippen LogP contribution < -0.4 is 5.73 Å². The van der Waals surface area contributed by atoms with E-state index in [0.717, 1.165) is 11.3 Å². The first-order valence-electron chi connectivity index (χ1n) is 3.50. The molecule has 0 atom stereocenters. The number of nitrogens with one attached hydrogen (secondary N) is 1. The van der Waals surface area contributed by atoms with E-state index in [2.05, 4.69) is 9.97 Å². The minimum absolute atomic E-state index is 0.424. The van der Waals surface area contributed by atoms with Gasteiger partial charge in [0, 0.05) is 11.8 Å².